The van der Waals surface area contributed by atoms with Crippen LogP contribution >= 0.6 is 0 Å². The molecule has 4 rings (SSSR count). The average molecular weight is 615 g/mol. The van der Waals surface area contributed by atoms with Gasteiger partial charge in [-0.3, -0.25) is 0 Å². The van der Waals surface area contributed by atoms with Crippen molar-refractivity contribution in [2.75, 3.05) is 0 Å². The zero-order valence-corrected chi connectivity index (χ0v) is 23.4. The minimum Gasteiger partial charge on any atom is -0.429 e. The molecule has 0 N–H and O–H groups in total. The summed E-state index contributed by atoms with van der Waals surface area (Å²) < 4.78 is 129. The summed E-state index contributed by atoms with van der Waals surface area (Å²) >= 11 is 0. The predicted octanol–water partition coefficient (Wildman–Crippen LogP) is 11.5. The lowest BCUT2D eigenvalue weighted by Crippen LogP contribution is -2.25. The monoisotopic (exact) mass is 614 g/mol. The SMILES string of the molecule is CCCCCC1CCC(c2ccc(-c3cc(F)c(C(F)(F)Oc4cc(F)c(C=CC(F)(F)F)c(F)c4)c(F)c3)cc2)CC1. The topological polar surface area (TPSA) is 9.23 Å². The normalized spacial score (nSPS) is 17.9. The van der Waals surface area contributed by atoms with Gasteiger partial charge in [0.05, 0.1) is 0 Å². The van der Waals surface area contributed by atoms with Gasteiger partial charge in [0.15, 0.2) is 0 Å². The Labute approximate surface area is 244 Å². The van der Waals surface area contributed by atoms with Crippen molar-refractivity contribution in [1.82, 2.24) is 0 Å². The summed E-state index contributed by atoms with van der Waals surface area (Å²) in [6.07, 6.45) is -0.577. The van der Waals surface area contributed by atoms with Crippen LogP contribution in [0.5, 0.6) is 5.75 Å². The Kier molecular flexibility index (Phi) is 10.2. The molecular weight excluding hydrogens is 583 g/mol. The van der Waals surface area contributed by atoms with Crippen molar-refractivity contribution in [3.63, 3.8) is 0 Å². The van der Waals surface area contributed by atoms with Gasteiger partial charge in [0.1, 0.15) is 34.6 Å². The Morgan fingerprint density at radius 2 is 1.33 bits per heavy atom. The van der Waals surface area contributed by atoms with Crippen LogP contribution in [0.4, 0.5) is 39.5 Å². The Hall–Kier alpha value is -3.43. The summed E-state index contributed by atoms with van der Waals surface area (Å²) in [7, 11) is 0. The molecule has 0 unspecified atom stereocenters. The van der Waals surface area contributed by atoms with Gasteiger partial charge in [0.25, 0.3) is 0 Å². The van der Waals surface area contributed by atoms with Crippen LogP contribution in [0.3, 0.4) is 0 Å². The quantitative estimate of drug-likeness (QED) is 0.163. The molecule has 1 nitrogen and oxygen atoms in total. The molecule has 1 saturated carbocycles. The summed E-state index contributed by atoms with van der Waals surface area (Å²) in [5.74, 6) is -6.67. The van der Waals surface area contributed by atoms with E-state index in [0.29, 0.717) is 23.6 Å². The number of benzene rings is 3. The number of allylic oxidation sites excluding steroid dienone is 1. The molecule has 3 aromatic carbocycles. The smallest absolute Gasteiger partial charge is 0.429 e. The third kappa shape index (κ3) is 8.36. The molecule has 0 spiro atoms. The second-order valence-corrected chi connectivity index (χ2v) is 10.9. The number of rotatable bonds is 10. The Morgan fingerprint density at radius 1 is 0.744 bits per heavy atom. The first-order valence-electron chi connectivity index (χ1n) is 14.2. The number of ether oxygens (including phenoxy) is 1. The molecule has 43 heavy (non-hydrogen) atoms. The standard InChI is InChI=1S/C33H31F9O/c1-2-3-4-5-20-6-8-21(9-7-20)22-10-12-23(13-11-22)24-16-29(36)31(30(37)17-24)33(41,42)43-25-18-27(34)26(28(35)19-25)14-15-32(38,39)40/h10-21H,2-9H2,1H3. The molecule has 0 atom stereocenters. The van der Waals surface area contributed by atoms with Crippen molar-refractivity contribution in [2.45, 2.75) is 76.5 Å². The van der Waals surface area contributed by atoms with E-state index in [0.717, 1.165) is 37.2 Å². The summed E-state index contributed by atoms with van der Waals surface area (Å²) in [6, 6.07) is 8.88. The first-order valence-corrected chi connectivity index (χ1v) is 14.2. The summed E-state index contributed by atoms with van der Waals surface area (Å²) in [5.41, 5.74) is -1.44. The fraction of sp³-hybridized carbons (Fsp3) is 0.394. The van der Waals surface area contributed by atoms with E-state index in [-0.39, 0.29) is 23.8 Å². The maximum absolute atomic E-state index is 14.9. The highest BCUT2D eigenvalue weighted by molar-refractivity contribution is 5.65. The van der Waals surface area contributed by atoms with Crippen molar-refractivity contribution in [3.8, 4) is 16.9 Å². The van der Waals surface area contributed by atoms with Gasteiger partial charge in [-0.1, -0.05) is 56.9 Å². The maximum Gasteiger partial charge on any atom is 0.432 e. The Morgan fingerprint density at radius 3 is 1.86 bits per heavy atom. The van der Waals surface area contributed by atoms with E-state index in [2.05, 4.69) is 11.7 Å². The van der Waals surface area contributed by atoms with Crippen LogP contribution in [-0.2, 0) is 6.11 Å². The van der Waals surface area contributed by atoms with Crippen molar-refractivity contribution in [3.05, 3.63) is 94.6 Å². The van der Waals surface area contributed by atoms with Gasteiger partial charge in [-0.2, -0.15) is 22.0 Å². The number of halogens is 9. The van der Waals surface area contributed by atoms with Gasteiger partial charge in [0, 0.05) is 23.8 Å². The first-order chi connectivity index (χ1) is 20.3. The molecule has 1 aliphatic rings. The fourth-order valence-corrected chi connectivity index (χ4v) is 5.59. The lowest BCUT2D eigenvalue weighted by atomic mass is 9.77. The van der Waals surface area contributed by atoms with E-state index in [9.17, 15) is 39.5 Å². The maximum atomic E-state index is 14.9. The van der Waals surface area contributed by atoms with Gasteiger partial charge < -0.3 is 4.74 Å². The van der Waals surface area contributed by atoms with Gasteiger partial charge in [0.2, 0.25) is 0 Å². The van der Waals surface area contributed by atoms with Crippen LogP contribution in [-0.4, -0.2) is 6.18 Å². The highest BCUT2D eigenvalue weighted by Gasteiger charge is 2.41. The third-order valence-electron chi connectivity index (χ3n) is 7.85. The van der Waals surface area contributed by atoms with Gasteiger partial charge >= 0.3 is 12.3 Å². The first kappa shape index (κ1) is 32.5. The van der Waals surface area contributed by atoms with Crippen LogP contribution in [0.15, 0.2) is 54.6 Å². The van der Waals surface area contributed by atoms with Gasteiger partial charge in [-0.05, 0) is 72.4 Å². The van der Waals surface area contributed by atoms with Gasteiger partial charge in [-0.15, -0.1) is 0 Å². The van der Waals surface area contributed by atoms with E-state index in [1.807, 2.05) is 12.1 Å². The highest BCUT2D eigenvalue weighted by atomic mass is 19.4. The van der Waals surface area contributed by atoms with E-state index < -0.39 is 58.5 Å². The summed E-state index contributed by atoms with van der Waals surface area (Å²) in [5, 5.41) is 0. The molecule has 0 heterocycles. The average Bonchev–Trinajstić information content (AvgIpc) is 2.92. The second-order valence-electron chi connectivity index (χ2n) is 10.9. The molecule has 0 saturated heterocycles. The molecule has 1 fully saturated rings. The number of unbranched alkanes of at least 4 members (excludes halogenated alkanes) is 2. The van der Waals surface area contributed by atoms with Crippen LogP contribution in [0.25, 0.3) is 17.2 Å². The molecule has 3 aromatic rings. The van der Waals surface area contributed by atoms with E-state index >= 15 is 0 Å². The molecule has 1 aliphatic carbocycles. The molecule has 232 valence electrons. The van der Waals surface area contributed by atoms with Crippen molar-refractivity contribution >= 4 is 6.08 Å². The Bertz CT molecular complexity index is 1370. The van der Waals surface area contributed by atoms with Crippen LogP contribution in [0, 0.1) is 29.2 Å². The highest BCUT2D eigenvalue weighted by Crippen LogP contribution is 2.40. The van der Waals surface area contributed by atoms with Crippen molar-refractivity contribution in [2.24, 2.45) is 5.92 Å². The molecular formula is C33H31F9O. The lowest BCUT2D eigenvalue weighted by molar-refractivity contribution is -0.189. The summed E-state index contributed by atoms with van der Waals surface area (Å²) in [6.45, 7) is 2.19. The minimum absolute atomic E-state index is 0.00127. The zero-order valence-electron chi connectivity index (χ0n) is 23.4. The van der Waals surface area contributed by atoms with Crippen LogP contribution in [0.2, 0.25) is 0 Å². The summed E-state index contributed by atoms with van der Waals surface area (Å²) in [4.78, 5) is 0. The third-order valence-corrected chi connectivity index (χ3v) is 7.85. The van der Waals surface area contributed by atoms with E-state index in [1.165, 1.54) is 25.7 Å². The molecule has 0 aromatic heterocycles. The van der Waals surface area contributed by atoms with Crippen molar-refractivity contribution < 1.29 is 44.3 Å². The molecule has 0 bridgehead atoms. The molecule has 0 radical (unpaired) electrons. The van der Waals surface area contributed by atoms with Crippen LogP contribution in [0.1, 0.15) is 80.9 Å². The fourth-order valence-electron chi connectivity index (χ4n) is 5.59. The Balaban J connectivity index is 1.47. The molecule has 0 aliphatic heterocycles. The largest absolute Gasteiger partial charge is 0.432 e. The second kappa shape index (κ2) is 13.5. The number of hydrogen-bond donors (Lipinski definition) is 0. The zero-order chi connectivity index (χ0) is 31.4. The van der Waals surface area contributed by atoms with E-state index in [1.54, 1.807) is 12.1 Å². The minimum atomic E-state index is -4.88. The predicted molar refractivity (Wildman–Crippen MR) is 147 cm³/mol. The lowest BCUT2D eigenvalue weighted by Gasteiger charge is -2.29. The number of hydrogen-bond acceptors (Lipinski definition) is 1. The molecule has 0 amide bonds. The van der Waals surface area contributed by atoms with E-state index in [4.69, 9.17) is 0 Å². The van der Waals surface area contributed by atoms with Gasteiger partial charge in [-0.25, -0.2) is 17.6 Å². The van der Waals surface area contributed by atoms with Crippen LogP contribution < -0.4 is 4.74 Å². The molecule has 10 heteroatoms. The van der Waals surface area contributed by atoms with Crippen molar-refractivity contribution in [1.29, 1.82) is 0 Å². The number of alkyl halides is 5.